The Bertz CT molecular complexity index is 713. The normalized spacial score (nSPS) is 17.9. The molecule has 3 heterocycles. The zero-order valence-corrected chi connectivity index (χ0v) is 14.6. The fourth-order valence-corrected chi connectivity index (χ4v) is 3.80. The van der Waals surface area contributed by atoms with Gasteiger partial charge in [0.25, 0.3) is 0 Å². The number of amides is 2. The Morgan fingerprint density at radius 2 is 2.28 bits per heavy atom. The van der Waals surface area contributed by atoms with E-state index in [1.165, 1.54) is 16.7 Å². The smallest absolute Gasteiger partial charge is 0.355 e. The Morgan fingerprint density at radius 3 is 3.00 bits per heavy atom. The topological polar surface area (TPSA) is 95.7 Å². The van der Waals surface area contributed by atoms with Crippen LogP contribution in [-0.4, -0.2) is 40.1 Å². The van der Waals surface area contributed by atoms with Crippen molar-refractivity contribution in [2.45, 2.75) is 38.1 Å². The summed E-state index contributed by atoms with van der Waals surface area (Å²) in [6.07, 6.45) is 6.22. The Labute approximate surface area is 149 Å². The van der Waals surface area contributed by atoms with Crippen LogP contribution in [-0.2, 0) is 6.42 Å². The highest BCUT2D eigenvalue weighted by Crippen LogP contribution is 2.30. The molecule has 134 valence electrons. The molecule has 2 amide bonds. The standard InChI is InChI=1S/C17H21N3O4S/c21-16(22)12-11-25-15(19-12)7-8-18-17(23)20-9-3-1-2-5-13(20)14-6-4-10-24-14/h4,6,10-11,13H,1-3,5,7-9H2,(H,18,23)(H,21,22). The number of hydrogen-bond donors (Lipinski definition) is 2. The van der Waals surface area contributed by atoms with Gasteiger partial charge in [0.1, 0.15) is 5.76 Å². The number of carboxylic acid groups (broad SMARTS) is 1. The monoisotopic (exact) mass is 363 g/mol. The van der Waals surface area contributed by atoms with Crippen LogP contribution in [0, 0.1) is 0 Å². The van der Waals surface area contributed by atoms with Crippen LogP contribution in [0.25, 0.3) is 0 Å². The van der Waals surface area contributed by atoms with Gasteiger partial charge in [-0.15, -0.1) is 11.3 Å². The molecule has 3 rings (SSSR count). The first kappa shape index (κ1) is 17.5. The van der Waals surface area contributed by atoms with Crippen molar-refractivity contribution < 1.29 is 19.1 Å². The maximum Gasteiger partial charge on any atom is 0.355 e. The van der Waals surface area contributed by atoms with Gasteiger partial charge in [-0.25, -0.2) is 14.6 Å². The average molecular weight is 363 g/mol. The van der Waals surface area contributed by atoms with Crippen molar-refractivity contribution in [3.8, 4) is 0 Å². The fourth-order valence-electron chi connectivity index (χ4n) is 3.03. The molecule has 0 aromatic carbocycles. The molecule has 25 heavy (non-hydrogen) atoms. The van der Waals surface area contributed by atoms with E-state index in [0.29, 0.717) is 24.5 Å². The molecule has 2 aromatic rings. The largest absolute Gasteiger partial charge is 0.476 e. The first-order valence-electron chi connectivity index (χ1n) is 8.40. The molecular formula is C17H21N3O4S. The van der Waals surface area contributed by atoms with E-state index in [2.05, 4.69) is 10.3 Å². The molecule has 7 nitrogen and oxygen atoms in total. The highest BCUT2D eigenvalue weighted by Gasteiger charge is 2.28. The second-order valence-corrected chi connectivity index (χ2v) is 6.93. The van der Waals surface area contributed by atoms with E-state index >= 15 is 0 Å². The molecule has 1 saturated heterocycles. The zero-order valence-electron chi connectivity index (χ0n) is 13.8. The molecule has 1 atom stereocenters. The molecule has 1 fully saturated rings. The molecule has 0 aliphatic carbocycles. The molecule has 0 radical (unpaired) electrons. The van der Waals surface area contributed by atoms with Gasteiger partial charge < -0.3 is 19.7 Å². The first-order valence-corrected chi connectivity index (χ1v) is 9.28. The molecule has 2 aromatic heterocycles. The number of likely N-dealkylation sites (tertiary alicyclic amines) is 1. The lowest BCUT2D eigenvalue weighted by Gasteiger charge is -2.28. The number of furan rings is 1. The van der Waals surface area contributed by atoms with Crippen LogP contribution in [0.2, 0.25) is 0 Å². The van der Waals surface area contributed by atoms with Crippen LogP contribution in [0.1, 0.15) is 53.0 Å². The predicted octanol–water partition coefficient (Wildman–Crippen LogP) is 3.30. The van der Waals surface area contributed by atoms with E-state index in [4.69, 9.17) is 9.52 Å². The van der Waals surface area contributed by atoms with Crippen molar-refractivity contribution in [2.75, 3.05) is 13.1 Å². The summed E-state index contributed by atoms with van der Waals surface area (Å²) in [5.41, 5.74) is 0.0525. The van der Waals surface area contributed by atoms with Gasteiger partial charge >= 0.3 is 12.0 Å². The number of aromatic nitrogens is 1. The third kappa shape index (κ3) is 4.39. The number of thiazole rings is 1. The average Bonchev–Trinajstić information content (AvgIpc) is 3.23. The second kappa shape index (κ2) is 8.15. The minimum atomic E-state index is -1.03. The van der Waals surface area contributed by atoms with Crippen LogP contribution in [0.15, 0.2) is 28.2 Å². The minimum Gasteiger partial charge on any atom is -0.476 e. The Balaban J connectivity index is 1.57. The third-order valence-corrected chi connectivity index (χ3v) is 5.18. The van der Waals surface area contributed by atoms with Crippen LogP contribution in [0.4, 0.5) is 4.79 Å². The summed E-state index contributed by atoms with van der Waals surface area (Å²) in [6, 6.07) is 3.62. The van der Waals surface area contributed by atoms with Crippen molar-refractivity contribution in [1.29, 1.82) is 0 Å². The van der Waals surface area contributed by atoms with Gasteiger partial charge in [0, 0.05) is 24.9 Å². The zero-order chi connectivity index (χ0) is 17.6. The Hall–Kier alpha value is -2.35. The molecule has 0 bridgehead atoms. The van der Waals surface area contributed by atoms with Crippen LogP contribution in [0.3, 0.4) is 0 Å². The van der Waals surface area contributed by atoms with Crippen LogP contribution >= 0.6 is 11.3 Å². The lowest BCUT2D eigenvalue weighted by molar-refractivity contribution is 0.0691. The summed E-state index contributed by atoms with van der Waals surface area (Å²) in [6.45, 7) is 1.13. The molecule has 1 aliphatic rings. The quantitative estimate of drug-likeness (QED) is 0.850. The molecule has 0 spiro atoms. The van der Waals surface area contributed by atoms with Crippen LogP contribution in [0.5, 0.6) is 0 Å². The summed E-state index contributed by atoms with van der Waals surface area (Å²) in [5, 5.41) is 14.0. The Kier molecular flexibility index (Phi) is 5.70. The van der Waals surface area contributed by atoms with Gasteiger partial charge in [0.15, 0.2) is 5.69 Å². The van der Waals surface area contributed by atoms with E-state index in [-0.39, 0.29) is 17.8 Å². The number of aromatic carboxylic acids is 1. The van der Waals surface area contributed by atoms with Gasteiger partial charge in [-0.3, -0.25) is 0 Å². The van der Waals surface area contributed by atoms with Gasteiger partial charge in [-0.05, 0) is 25.0 Å². The highest BCUT2D eigenvalue weighted by molar-refractivity contribution is 7.09. The molecule has 2 N–H and O–H groups in total. The van der Waals surface area contributed by atoms with E-state index in [0.717, 1.165) is 31.4 Å². The van der Waals surface area contributed by atoms with Crippen LogP contribution < -0.4 is 5.32 Å². The summed E-state index contributed by atoms with van der Waals surface area (Å²) < 4.78 is 5.52. The van der Waals surface area contributed by atoms with E-state index < -0.39 is 5.97 Å². The number of carbonyl (C=O) groups is 2. The SMILES string of the molecule is O=C(O)c1csc(CCNC(=O)N2CCCCCC2c2ccco2)n1. The number of urea groups is 1. The number of nitrogens with zero attached hydrogens (tertiary/aromatic N) is 2. The maximum atomic E-state index is 12.6. The maximum absolute atomic E-state index is 12.6. The van der Waals surface area contributed by atoms with Crippen molar-refractivity contribution in [3.63, 3.8) is 0 Å². The molecule has 1 aliphatic heterocycles. The van der Waals surface area contributed by atoms with Crippen molar-refractivity contribution >= 4 is 23.3 Å². The molecule has 1 unspecified atom stereocenters. The highest BCUT2D eigenvalue weighted by atomic mass is 32.1. The van der Waals surface area contributed by atoms with E-state index in [9.17, 15) is 9.59 Å². The predicted molar refractivity (Wildman–Crippen MR) is 92.8 cm³/mol. The number of hydrogen-bond acceptors (Lipinski definition) is 5. The second-order valence-electron chi connectivity index (χ2n) is 5.99. The summed E-state index contributed by atoms with van der Waals surface area (Å²) in [5.74, 6) is -0.208. The minimum absolute atomic E-state index is 0.0315. The third-order valence-electron chi connectivity index (χ3n) is 4.27. The number of rotatable bonds is 5. The van der Waals surface area contributed by atoms with Crippen molar-refractivity contribution in [2.24, 2.45) is 0 Å². The van der Waals surface area contributed by atoms with Gasteiger partial charge in [0.2, 0.25) is 0 Å². The molecular weight excluding hydrogens is 342 g/mol. The first-order chi connectivity index (χ1) is 12.1. The summed E-state index contributed by atoms with van der Waals surface area (Å²) in [4.78, 5) is 29.3. The van der Waals surface area contributed by atoms with Gasteiger partial charge in [0.05, 0.1) is 17.3 Å². The van der Waals surface area contributed by atoms with Crippen molar-refractivity contribution in [3.05, 3.63) is 40.2 Å². The van der Waals surface area contributed by atoms with Crippen molar-refractivity contribution in [1.82, 2.24) is 15.2 Å². The fraction of sp³-hybridized carbons (Fsp3) is 0.471. The van der Waals surface area contributed by atoms with Gasteiger partial charge in [-0.1, -0.05) is 12.8 Å². The molecule has 0 saturated carbocycles. The summed E-state index contributed by atoms with van der Waals surface area (Å²) >= 11 is 1.30. The lowest BCUT2D eigenvalue weighted by atomic mass is 10.1. The number of carboxylic acids is 1. The number of carbonyl (C=O) groups excluding carboxylic acids is 1. The van der Waals surface area contributed by atoms with E-state index in [1.54, 1.807) is 6.26 Å². The lowest BCUT2D eigenvalue weighted by Crippen LogP contribution is -2.42. The van der Waals surface area contributed by atoms with E-state index in [1.807, 2.05) is 17.0 Å². The number of nitrogens with one attached hydrogen (secondary N) is 1. The Morgan fingerprint density at radius 1 is 1.40 bits per heavy atom. The van der Waals surface area contributed by atoms with Gasteiger partial charge in [-0.2, -0.15) is 0 Å². The summed E-state index contributed by atoms with van der Waals surface area (Å²) in [7, 11) is 0. The molecule has 8 heteroatoms.